The first-order valence-corrected chi connectivity index (χ1v) is 9.40. The van der Waals surface area contributed by atoms with Crippen LogP contribution in [0.15, 0.2) is 48.5 Å². The highest BCUT2D eigenvalue weighted by atomic mass is 16.5. The van der Waals surface area contributed by atoms with Crippen LogP contribution in [0.3, 0.4) is 0 Å². The van der Waals surface area contributed by atoms with Gasteiger partial charge < -0.3 is 14.8 Å². The van der Waals surface area contributed by atoms with Crippen molar-refractivity contribution in [3.05, 3.63) is 54.1 Å². The lowest BCUT2D eigenvalue weighted by molar-refractivity contribution is 0.102. The molecule has 140 valence electrons. The van der Waals surface area contributed by atoms with Crippen molar-refractivity contribution < 1.29 is 14.3 Å². The van der Waals surface area contributed by atoms with Gasteiger partial charge in [-0.25, -0.2) is 0 Å². The molecule has 0 aliphatic carbocycles. The van der Waals surface area contributed by atoms with Gasteiger partial charge in [0.15, 0.2) is 0 Å². The quantitative estimate of drug-likeness (QED) is 0.557. The number of rotatable bonds is 10. The molecule has 0 unspecified atom stereocenters. The van der Waals surface area contributed by atoms with Crippen molar-refractivity contribution in [1.29, 1.82) is 0 Å². The van der Waals surface area contributed by atoms with E-state index in [1.54, 1.807) is 6.07 Å². The van der Waals surface area contributed by atoms with E-state index in [9.17, 15) is 4.79 Å². The van der Waals surface area contributed by atoms with E-state index in [1.165, 1.54) is 19.3 Å². The number of carbonyl (C=O) groups is 1. The number of para-hydroxylation sites is 1. The number of carbonyl (C=O) groups excluding carboxylic acids is 1. The highest BCUT2D eigenvalue weighted by Gasteiger charge is 2.13. The van der Waals surface area contributed by atoms with E-state index in [-0.39, 0.29) is 12.0 Å². The molecule has 0 radical (unpaired) electrons. The first-order chi connectivity index (χ1) is 12.6. The van der Waals surface area contributed by atoms with Gasteiger partial charge in [0.2, 0.25) is 0 Å². The Morgan fingerprint density at radius 2 is 1.73 bits per heavy atom. The van der Waals surface area contributed by atoms with Crippen molar-refractivity contribution in [2.75, 3.05) is 11.9 Å². The first-order valence-electron chi connectivity index (χ1n) is 9.40. The monoisotopic (exact) mass is 355 g/mol. The molecule has 0 saturated heterocycles. The van der Waals surface area contributed by atoms with E-state index in [0.29, 0.717) is 11.3 Å². The molecule has 0 aliphatic rings. The Morgan fingerprint density at radius 1 is 1.00 bits per heavy atom. The summed E-state index contributed by atoms with van der Waals surface area (Å²) in [4.78, 5) is 12.6. The lowest BCUT2D eigenvalue weighted by Crippen LogP contribution is -2.15. The number of ether oxygens (including phenoxy) is 2. The van der Waals surface area contributed by atoms with Crippen LogP contribution in [0.2, 0.25) is 0 Å². The zero-order chi connectivity index (χ0) is 18.8. The maximum Gasteiger partial charge on any atom is 0.259 e. The van der Waals surface area contributed by atoms with Crippen molar-refractivity contribution in [1.82, 2.24) is 0 Å². The zero-order valence-electron chi connectivity index (χ0n) is 16.0. The molecule has 0 atom stereocenters. The van der Waals surface area contributed by atoms with Gasteiger partial charge in [-0.3, -0.25) is 4.79 Å². The topological polar surface area (TPSA) is 47.6 Å². The van der Waals surface area contributed by atoms with E-state index in [0.717, 1.165) is 24.5 Å². The van der Waals surface area contributed by atoms with Gasteiger partial charge in [-0.15, -0.1) is 0 Å². The Kier molecular flexibility index (Phi) is 8.00. The molecule has 0 spiro atoms. The van der Waals surface area contributed by atoms with Crippen LogP contribution in [0.4, 0.5) is 5.69 Å². The van der Waals surface area contributed by atoms with Gasteiger partial charge in [-0.05, 0) is 56.7 Å². The van der Waals surface area contributed by atoms with E-state index in [2.05, 4.69) is 12.2 Å². The fraction of sp³-hybridized carbons (Fsp3) is 0.409. The Morgan fingerprint density at radius 3 is 2.42 bits per heavy atom. The number of anilines is 1. The van der Waals surface area contributed by atoms with Gasteiger partial charge in [-0.2, -0.15) is 0 Å². The first kappa shape index (κ1) is 19.8. The number of benzene rings is 2. The van der Waals surface area contributed by atoms with Crippen LogP contribution >= 0.6 is 0 Å². The smallest absolute Gasteiger partial charge is 0.259 e. The number of amides is 1. The van der Waals surface area contributed by atoms with Gasteiger partial charge in [0.25, 0.3) is 5.91 Å². The molecule has 1 amide bonds. The molecule has 1 N–H and O–H groups in total. The summed E-state index contributed by atoms with van der Waals surface area (Å²) >= 11 is 0. The number of hydrogen-bond donors (Lipinski definition) is 1. The van der Waals surface area contributed by atoms with Crippen LogP contribution in [0.25, 0.3) is 0 Å². The molecule has 0 saturated carbocycles. The molecular formula is C22H29NO3. The Bertz CT molecular complexity index is 680. The van der Waals surface area contributed by atoms with Crippen LogP contribution < -0.4 is 14.8 Å². The molecule has 2 aromatic carbocycles. The zero-order valence-corrected chi connectivity index (χ0v) is 16.0. The summed E-state index contributed by atoms with van der Waals surface area (Å²) in [6.45, 7) is 6.80. The fourth-order valence-corrected chi connectivity index (χ4v) is 2.56. The minimum absolute atomic E-state index is 0.0118. The fourth-order valence-electron chi connectivity index (χ4n) is 2.56. The van der Waals surface area contributed by atoms with E-state index < -0.39 is 0 Å². The number of unbranched alkanes of at least 4 members (excludes halogenated alkanes) is 3. The normalized spacial score (nSPS) is 10.6. The molecule has 0 bridgehead atoms. The molecule has 4 nitrogen and oxygen atoms in total. The van der Waals surface area contributed by atoms with Crippen molar-refractivity contribution in [2.24, 2.45) is 0 Å². The van der Waals surface area contributed by atoms with E-state index in [4.69, 9.17) is 9.47 Å². The highest BCUT2D eigenvalue weighted by molar-refractivity contribution is 6.06. The maximum absolute atomic E-state index is 12.6. The standard InChI is InChI=1S/C22H29NO3/c1-4-5-6-9-16-25-19-14-12-18(13-15-19)23-22(24)20-10-7-8-11-21(20)26-17(2)3/h7-8,10-15,17H,4-6,9,16H2,1-3H3,(H,23,24). The predicted octanol–water partition coefficient (Wildman–Crippen LogP) is 5.69. The second-order valence-electron chi connectivity index (χ2n) is 6.55. The lowest BCUT2D eigenvalue weighted by atomic mass is 10.1. The SMILES string of the molecule is CCCCCCOc1ccc(NC(=O)c2ccccc2OC(C)C)cc1. The summed E-state index contributed by atoms with van der Waals surface area (Å²) < 4.78 is 11.4. The summed E-state index contributed by atoms with van der Waals surface area (Å²) in [5.41, 5.74) is 1.25. The number of hydrogen-bond acceptors (Lipinski definition) is 3. The molecule has 26 heavy (non-hydrogen) atoms. The minimum atomic E-state index is -0.186. The van der Waals surface area contributed by atoms with Crippen LogP contribution in [-0.2, 0) is 0 Å². The summed E-state index contributed by atoms with van der Waals surface area (Å²) in [6, 6.07) is 14.7. The highest BCUT2D eigenvalue weighted by Crippen LogP contribution is 2.22. The summed E-state index contributed by atoms with van der Waals surface area (Å²) in [5.74, 6) is 1.23. The van der Waals surface area contributed by atoms with Crippen molar-refractivity contribution in [3.63, 3.8) is 0 Å². The van der Waals surface area contributed by atoms with Crippen LogP contribution in [0.1, 0.15) is 56.8 Å². The lowest BCUT2D eigenvalue weighted by Gasteiger charge is -2.14. The average molecular weight is 355 g/mol. The Labute approximate surface area is 156 Å². The van der Waals surface area contributed by atoms with Gasteiger partial charge in [0, 0.05) is 5.69 Å². The van der Waals surface area contributed by atoms with Crippen LogP contribution in [-0.4, -0.2) is 18.6 Å². The maximum atomic E-state index is 12.6. The van der Waals surface area contributed by atoms with Crippen LogP contribution in [0.5, 0.6) is 11.5 Å². The third-order valence-electron chi connectivity index (χ3n) is 3.87. The second-order valence-corrected chi connectivity index (χ2v) is 6.55. The molecule has 0 aliphatic heterocycles. The van der Waals surface area contributed by atoms with Crippen LogP contribution in [0, 0.1) is 0 Å². The molecule has 0 heterocycles. The second kappa shape index (κ2) is 10.5. The molecule has 4 heteroatoms. The third-order valence-corrected chi connectivity index (χ3v) is 3.87. The summed E-state index contributed by atoms with van der Waals surface area (Å²) in [7, 11) is 0. The number of nitrogens with one attached hydrogen (secondary N) is 1. The van der Waals surface area contributed by atoms with Gasteiger partial charge in [0.1, 0.15) is 11.5 Å². The largest absolute Gasteiger partial charge is 0.494 e. The third kappa shape index (κ3) is 6.43. The van der Waals surface area contributed by atoms with Crippen molar-refractivity contribution in [2.45, 2.75) is 52.6 Å². The van der Waals surface area contributed by atoms with Crippen molar-refractivity contribution in [3.8, 4) is 11.5 Å². The van der Waals surface area contributed by atoms with Gasteiger partial charge in [0.05, 0.1) is 18.3 Å². The average Bonchev–Trinajstić information content (AvgIpc) is 2.63. The van der Waals surface area contributed by atoms with E-state index in [1.807, 2.05) is 56.3 Å². The Balaban J connectivity index is 1.91. The van der Waals surface area contributed by atoms with Gasteiger partial charge in [-0.1, -0.05) is 38.3 Å². The summed E-state index contributed by atoms with van der Waals surface area (Å²) in [6.07, 6.45) is 4.75. The molecular weight excluding hydrogens is 326 g/mol. The molecule has 2 aromatic rings. The Hall–Kier alpha value is -2.49. The molecule has 0 aromatic heterocycles. The molecule has 2 rings (SSSR count). The van der Waals surface area contributed by atoms with Gasteiger partial charge >= 0.3 is 0 Å². The van der Waals surface area contributed by atoms with Crippen molar-refractivity contribution >= 4 is 11.6 Å². The summed E-state index contributed by atoms with van der Waals surface area (Å²) in [5, 5.41) is 2.91. The molecule has 0 fully saturated rings. The predicted molar refractivity (Wildman–Crippen MR) is 106 cm³/mol. The minimum Gasteiger partial charge on any atom is -0.494 e. The van der Waals surface area contributed by atoms with E-state index >= 15 is 0 Å².